The number of hydrogen-bond acceptors (Lipinski definition) is 2. The summed E-state index contributed by atoms with van der Waals surface area (Å²) in [5, 5.41) is 0. The Labute approximate surface area is 83.5 Å². The molecule has 0 aliphatic rings. The first-order valence-corrected chi connectivity index (χ1v) is 5.35. The molecular weight excluding hydrogens is 247 g/mol. The van der Waals surface area contributed by atoms with Gasteiger partial charge in [0.1, 0.15) is 0 Å². The molecule has 0 saturated heterocycles. The van der Waals surface area contributed by atoms with Crippen molar-refractivity contribution in [3.63, 3.8) is 0 Å². The first kappa shape index (κ1) is 9.52. The van der Waals surface area contributed by atoms with Crippen molar-refractivity contribution < 1.29 is 4.74 Å². The molecule has 0 N–H and O–H groups in total. The molecule has 0 aliphatic carbocycles. The van der Waals surface area contributed by atoms with Crippen LogP contribution >= 0.6 is 38.9 Å². The second kappa shape index (κ2) is 5.14. The van der Waals surface area contributed by atoms with Crippen molar-refractivity contribution in [2.45, 2.75) is 6.61 Å². The zero-order valence-corrected chi connectivity index (χ0v) is 9.01. The molecule has 0 saturated carbocycles. The third kappa shape index (κ3) is 3.56. The summed E-state index contributed by atoms with van der Waals surface area (Å²) in [7, 11) is 0. The van der Waals surface area contributed by atoms with Crippen LogP contribution in [0.25, 0.3) is 0 Å². The van der Waals surface area contributed by atoms with Gasteiger partial charge < -0.3 is 4.74 Å². The smallest absolute Gasteiger partial charge is 0.0810 e. The van der Waals surface area contributed by atoms with E-state index in [0.717, 1.165) is 3.79 Å². The van der Waals surface area contributed by atoms with E-state index in [1.165, 1.54) is 4.88 Å². The Bertz CT molecular complexity index is 214. The molecule has 1 nitrogen and oxygen atoms in total. The summed E-state index contributed by atoms with van der Waals surface area (Å²) in [6.45, 7) is 1.29. The van der Waals surface area contributed by atoms with Gasteiger partial charge in [0.2, 0.25) is 0 Å². The maximum absolute atomic E-state index is 5.44. The molecule has 0 amide bonds. The second-order valence-corrected chi connectivity index (χ2v) is 4.87. The molecule has 0 unspecified atom stereocenters. The SMILES string of the molecule is ClCCOCc1ccc(Br)s1. The quantitative estimate of drug-likeness (QED) is 0.593. The molecule has 0 bridgehead atoms. The van der Waals surface area contributed by atoms with Crippen molar-refractivity contribution in [2.75, 3.05) is 12.5 Å². The van der Waals surface area contributed by atoms with Gasteiger partial charge in [0.25, 0.3) is 0 Å². The van der Waals surface area contributed by atoms with Crippen molar-refractivity contribution in [2.24, 2.45) is 0 Å². The minimum atomic E-state index is 0.562. The highest BCUT2D eigenvalue weighted by atomic mass is 79.9. The average molecular weight is 256 g/mol. The Morgan fingerprint density at radius 2 is 2.36 bits per heavy atom. The molecule has 4 heteroatoms. The van der Waals surface area contributed by atoms with Crippen LogP contribution in [0.4, 0.5) is 0 Å². The van der Waals surface area contributed by atoms with Gasteiger partial charge in [-0.1, -0.05) is 0 Å². The van der Waals surface area contributed by atoms with Crippen LogP contribution in [0.15, 0.2) is 15.9 Å². The number of halogens is 2. The summed E-state index contributed by atoms with van der Waals surface area (Å²) in [6, 6.07) is 4.06. The van der Waals surface area contributed by atoms with Gasteiger partial charge in [-0.3, -0.25) is 0 Å². The molecule has 0 aromatic carbocycles. The third-order valence-corrected chi connectivity index (χ3v) is 2.85. The summed E-state index contributed by atoms with van der Waals surface area (Å²) < 4.78 is 6.38. The molecule has 1 aromatic heterocycles. The largest absolute Gasteiger partial charge is 0.375 e. The summed E-state index contributed by atoms with van der Waals surface area (Å²) in [5.41, 5.74) is 0. The van der Waals surface area contributed by atoms with Crippen LogP contribution in [0.3, 0.4) is 0 Å². The summed E-state index contributed by atoms with van der Waals surface area (Å²) in [5.74, 6) is 0.562. The monoisotopic (exact) mass is 254 g/mol. The van der Waals surface area contributed by atoms with Gasteiger partial charge >= 0.3 is 0 Å². The van der Waals surface area contributed by atoms with Crippen molar-refractivity contribution in [3.8, 4) is 0 Å². The highest BCUT2D eigenvalue weighted by Crippen LogP contribution is 2.22. The number of ether oxygens (including phenoxy) is 1. The van der Waals surface area contributed by atoms with Gasteiger partial charge in [-0.2, -0.15) is 0 Å². The number of thiophene rings is 1. The first-order chi connectivity index (χ1) is 5.33. The van der Waals surface area contributed by atoms with Crippen LogP contribution in [0.5, 0.6) is 0 Å². The van der Waals surface area contributed by atoms with Crippen molar-refractivity contribution in [1.29, 1.82) is 0 Å². The maximum Gasteiger partial charge on any atom is 0.0810 e. The molecule has 1 rings (SSSR count). The minimum absolute atomic E-state index is 0.562. The van der Waals surface area contributed by atoms with Gasteiger partial charge in [0, 0.05) is 10.8 Å². The predicted molar refractivity (Wildman–Crippen MR) is 52.4 cm³/mol. The van der Waals surface area contributed by atoms with E-state index in [2.05, 4.69) is 15.9 Å². The molecule has 0 radical (unpaired) electrons. The topological polar surface area (TPSA) is 9.23 Å². The second-order valence-electron chi connectivity index (χ2n) is 1.95. The van der Waals surface area contributed by atoms with Crippen LogP contribution in [-0.4, -0.2) is 12.5 Å². The van der Waals surface area contributed by atoms with Crippen LogP contribution < -0.4 is 0 Å². The van der Waals surface area contributed by atoms with Crippen molar-refractivity contribution in [3.05, 3.63) is 20.8 Å². The molecule has 1 heterocycles. The summed E-state index contributed by atoms with van der Waals surface area (Å²) in [4.78, 5) is 1.22. The molecular formula is C7H8BrClOS. The Balaban J connectivity index is 2.27. The number of alkyl halides is 1. The lowest BCUT2D eigenvalue weighted by atomic mass is 10.5. The van der Waals surface area contributed by atoms with Gasteiger partial charge in [0.15, 0.2) is 0 Å². The van der Waals surface area contributed by atoms with Gasteiger partial charge in [-0.25, -0.2) is 0 Å². The number of rotatable bonds is 4. The molecule has 0 atom stereocenters. The molecule has 0 fully saturated rings. The Kier molecular flexibility index (Phi) is 4.45. The van der Waals surface area contributed by atoms with E-state index in [1.807, 2.05) is 12.1 Å². The van der Waals surface area contributed by atoms with Crippen molar-refractivity contribution >= 4 is 38.9 Å². The van der Waals surface area contributed by atoms with Crippen LogP contribution in [-0.2, 0) is 11.3 Å². The maximum atomic E-state index is 5.44. The highest BCUT2D eigenvalue weighted by Gasteiger charge is 1.96. The van der Waals surface area contributed by atoms with E-state index < -0.39 is 0 Å². The van der Waals surface area contributed by atoms with Crippen molar-refractivity contribution in [1.82, 2.24) is 0 Å². The standard InChI is InChI=1S/C7H8BrClOS/c8-7-2-1-6(11-7)5-10-4-3-9/h1-2H,3-5H2. The Morgan fingerprint density at radius 3 is 2.91 bits per heavy atom. The summed E-state index contributed by atoms with van der Waals surface area (Å²) in [6.07, 6.45) is 0. The first-order valence-electron chi connectivity index (χ1n) is 3.21. The van der Waals surface area contributed by atoms with E-state index in [1.54, 1.807) is 11.3 Å². The van der Waals surface area contributed by atoms with Crippen LogP contribution in [0, 0.1) is 0 Å². The fourth-order valence-corrected chi connectivity index (χ4v) is 2.19. The fraction of sp³-hybridized carbons (Fsp3) is 0.429. The highest BCUT2D eigenvalue weighted by molar-refractivity contribution is 9.11. The molecule has 0 spiro atoms. The van der Waals surface area contributed by atoms with E-state index >= 15 is 0 Å². The van der Waals surface area contributed by atoms with Gasteiger partial charge in [-0.05, 0) is 28.1 Å². The molecule has 1 aromatic rings. The zero-order chi connectivity index (χ0) is 8.10. The van der Waals surface area contributed by atoms with Gasteiger partial charge in [0.05, 0.1) is 17.0 Å². The molecule has 11 heavy (non-hydrogen) atoms. The lowest BCUT2D eigenvalue weighted by molar-refractivity contribution is 0.138. The van der Waals surface area contributed by atoms with E-state index in [4.69, 9.17) is 16.3 Å². The Morgan fingerprint density at radius 1 is 1.55 bits per heavy atom. The normalized spacial score (nSPS) is 10.4. The van der Waals surface area contributed by atoms with E-state index in [0.29, 0.717) is 19.1 Å². The fourth-order valence-electron chi connectivity index (χ4n) is 0.657. The lowest BCUT2D eigenvalue weighted by Crippen LogP contribution is -1.93. The zero-order valence-electron chi connectivity index (χ0n) is 5.85. The predicted octanol–water partition coefficient (Wildman–Crippen LogP) is 3.27. The third-order valence-electron chi connectivity index (χ3n) is 1.09. The van der Waals surface area contributed by atoms with Crippen LogP contribution in [0.2, 0.25) is 0 Å². The molecule has 62 valence electrons. The van der Waals surface area contributed by atoms with Gasteiger partial charge in [-0.15, -0.1) is 22.9 Å². The lowest BCUT2D eigenvalue weighted by Gasteiger charge is -1.96. The molecule has 0 aliphatic heterocycles. The Hall–Kier alpha value is 0.430. The number of hydrogen-bond donors (Lipinski definition) is 0. The van der Waals surface area contributed by atoms with E-state index in [-0.39, 0.29) is 0 Å². The average Bonchev–Trinajstić information content (AvgIpc) is 2.37. The van der Waals surface area contributed by atoms with Crippen LogP contribution in [0.1, 0.15) is 4.88 Å². The summed E-state index contributed by atoms with van der Waals surface area (Å²) >= 11 is 10.5. The van der Waals surface area contributed by atoms with E-state index in [9.17, 15) is 0 Å². The minimum Gasteiger partial charge on any atom is -0.375 e.